The molecule has 15 heteroatoms. The Labute approximate surface area is 303 Å². The molecule has 2 saturated heterocycles. The maximum Gasteiger partial charge on any atom is 0.435 e. The number of piperazine rings is 1. The van der Waals surface area contributed by atoms with Gasteiger partial charge in [-0.2, -0.15) is 13.2 Å². The van der Waals surface area contributed by atoms with Crippen LogP contribution < -0.4 is 20.3 Å². The number of nitrogens with zero attached hydrogens (tertiary/aromatic N) is 5. The lowest BCUT2D eigenvalue weighted by molar-refractivity contribution is -0.141. The highest BCUT2D eigenvalue weighted by Crippen LogP contribution is 2.34. The van der Waals surface area contributed by atoms with Crippen molar-refractivity contribution < 1.29 is 27.5 Å². The minimum Gasteiger partial charge on any atom is -0.438 e. The smallest absolute Gasteiger partial charge is 0.435 e. The van der Waals surface area contributed by atoms with Crippen molar-refractivity contribution in [1.29, 1.82) is 0 Å². The van der Waals surface area contributed by atoms with Gasteiger partial charge in [-0.3, -0.25) is 4.79 Å². The monoisotopic (exact) mass is 741 g/mol. The van der Waals surface area contributed by atoms with E-state index in [0.717, 1.165) is 68.9 Å². The van der Waals surface area contributed by atoms with Crippen molar-refractivity contribution in [3.8, 4) is 11.6 Å². The van der Waals surface area contributed by atoms with Gasteiger partial charge in [-0.25, -0.2) is 4.79 Å². The highest BCUT2D eigenvalue weighted by Gasteiger charge is 2.33. The zero-order valence-electron chi connectivity index (χ0n) is 27.7. The van der Waals surface area contributed by atoms with Crippen molar-refractivity contribution >= 4 is 52.2 Å². The van der Waals surface area contributed by atoms with Gasteiger partial charge in [-0.1, -0.05) is 42.3 Å². The summed E-state index contributed by atoms with van der Waals surface area (Å²) in [5, 5.41) is 13.1. The predicted octanol–water partition coefficient (Wildman–Crippen LogP) is 8.40. The minimum absolute atomic E-state index is 0.0416. The van der Waals surface area contributed by atoms with Gasteiger partial charge < -0.3 is 30.1 Å². The highest BCUT2D eigenvalue weighted by molar-refractivity contribution is 6.42. The van der Waals surface area contributed by atoms with Gasteiger partial charge in [-0.05, 0) is 85.5 Å². The Morgan fingerprint density at radius 2 is 1.57 bits per heavy atom. The van der Waals surface area contributed by atoms with Gasteiger partial charge in [-0.15, -0.1) is 10.2 Å². The van der Waals surface area contributed by atoms with Gasteiger partial charge >= 0.3 is 12.2 Å². The fraction of sp³-hybridized carbons (Fsp3) is 0.333. The number of nitrogens with one attached hydrogen (secondary N) is 2. The van der Waals surface area contributed by atoms with Crippen LogP contribution in [-0.4, -0.2) is 77.7 Å². The van der Waals surface area contributed by atoms with Crippen LogP contribution in [0.4, 0.5) is 35.0 Å². The van der Waals surface area contributed by atoms with Gasteiger partial charge in [0.05, 0.1) is 21.4 Å². The van der Waals surface area contributed by atoms with E-state index in [9.17, 15) is 22.8 Å². The van der Waals surface area contributed by atoms with E-state index in [1.165, 1.54) is 0 Å². The van der Waals surface area contributed by atoms with Crippen LogP contribution in [-0.2, 0) is 6.18 Å². The van der Waals surface area contributed by atoms with Crippen LogP contribution in [0.25, 0.3) is 0 Å². The first-order valence-electron chi connectivity index (χ1n) is 16.6. The number of hydrogen-bond donors (Lipinski definition) is 2. The largest absolute Gasteiger partial charge is 0.438 e. The van der Waals surface area contributed by atoms with Crippen molar-refractivity contribution in [2.75, 3.05) is 61.3 Å². The molecule has 3 aromatic carbocycles. The molecule has 2 N–H and O–H groups in total. The van der Waals surface area contributed by atoms with E-state index in [4.69, 9.17) is 27.9 Å². The maximum atomic E-state index is 13.8. The number of ether oxygens (including phenoxy) is 1. The molecule has 268 valence electrons. The second kappa shape index (κ2) is 15.7. The van der Waals surface area contributed by atoms with Gasteiger partial charge in [0.15, 0.2) is 5.69 Å². The van der Waals surface area contributed by atoms with Crippen molar-refractivity contribution in [2.24, 2.45) is 0 Å². The van der Waals surface area contributed by atoms with E-state index in [0.29, 0.717) is 45.8 Å². The summed E-state index contributed by atoms with van der Waals surface area (Å²) in [6.07, 6.45) is -3.09. The number of halogens is 5. The van der Waals surface area contributed by atoms with E-state index in [1.807, 2.05) is 29.2 Å². The molecule has 0 unspecified atom stereocenters. The SMILES string of the molecule is CCN1CCN(c2ccc(C(=O)N3CCC(c4ccc(Oc5ccc(C(F)(F)F)nn5)cc4)CC3)cc2NC(=O)Nc2ccc(Cl)c(Cl)c2)CC1. The minimum atomic E-state index is -4.57. The number of likely N-dealkylation sites (tertiary alicyclic amines) is 1. The first kappa shape index (κ1) is 36.2. The average Bonchev–Trinajstić information content (AvgIpc) is 3.13. The van der Waals surface area contributed by atoms with Crippen LogP contribution in [0.15, 0.2) is 72.8 Å². The molecule has 51 heavy (non-hydrogen) atoms. The summed E-state index contributed by atoms with van der Waals surface area (Å²) in [5.74, 6) is 0.469. The number of piperidine rings is 1. The quantitative estimate of drug-likeness (QED) is 0.187. The second-order valence-electron chi connectivity index (χ2n) is 12.4. The number of likely N-dealkylation sites (N-methyl/N-ethyl adjacent to an activating group) is 1. The molecular weight excluding hydrogens is 706 g/mol. The molecule has 0 saturated carbocycles. The first-order chi connectivity index (χ1) is 24.5. The standard InChI is InChI=1S/C36H36Cl2F3N7O3/c1-2-46-17-19-47(20-18-46)31-10-5-25(21-30(31)43-35(50)42-26-6-9-28(37)29(38)22-26)34(49)48-15-13-24(14-16-48)23-3-7-27(8-4-23)51-33-12-11-32(44-45-33)36(39,40)41/h3-12,21-22,24H,2,13-20H2,1H3,(H2,42,43,50). The van der Waals surface area contributed by atoms with Crippen molar-refractivity contribution in [2.45, 2.75) is 31.9 Å². The number of carbonyl (C=O) groups excluding carboxylic acids is 2. The molecule has 0 atom stereocenters. The molecule has 6 rings (SSSR count). The Balaban J connectivity index is 1.10. The Morgan fingerprint density at radius 1 is 0.843 bits per heavy atom. The zero-order valence-corrected chi connectivity index (χ0v) is 29.2. The average molecular weight is 743 g/mol. The van der Waals surface area contributed by atoms with Crippen molar-refractivity contribution in [3.05, 3.63) is 99.7 Å². The van der Waals surface area contributed by atoms with Crippen LogP contribution in [0.5, 0.6) is 11.6 Å². The third kappa shape index (κ3) is 9.02. The van der Waals surface area contributed by atoms with E-state index in [-0.39, 0.29) is 17.7 Å². The van der Waals surface area contributed by atoms with Crippen LogP contribution in [0.3, 0.4) is 0 Å². The van der Waals surface area contributed by atoms with Gasteiger partial charge in [0, 0.05) is 56.6 Å². The van der Waals surface area contributed by atoms with E-state index in [1.54, 1.807) is 36.4 Å². The first-order valence-corrected chi connectivity index (χ1v) is 17.3. The van der Waals surface area contributed by atoms with Crippen LogP contribution in [0.2, 0.25) is 10.0 Å². The van der Waals surface area contributed by atoms with Gasteiger partial charge in [0.2, 0.25) is 5.88 Å². The third-order valence-electron chi connectivity index (χ3n) is 9.12. The number of urea groups is 1. The zero-order chi connectivity index (χ0) is 36.1. The number of benzene rings is 3. The maximum absolute atomic E-state index is 13.8. The van der Waals surface area contributed by atoms with Crippen molar-refractivity contribution in [3.63, 3.8) is 0 Å². The molecule has 2 aliphatic heterocycles. The fourth-order valence-electron chi connectivity index (χ4n) is 6.26. The number of hydrogen-bond acceptors (Lipinski definition) is 7. The Morgan fingerprint density at radius 3 is 2.20 bits per heavy atom. The summed E-state index contributed by atoms with van der Waals surface area (Å²) < 4.78 is 43.9. The number of anilines is 3. The lowest BCUT2D eigenvalue weighted by Crippen LogP contribution is -2.46. The molecule has 2 aliphatic rings. The molecule has 0 spiro atoms. The number of aromatic nitrogens is 2. The molecule has 3 amide bonds. The fourth-order valence-corrected chi connectivity index (χ4v) is 6.56. The molecule has 3 heterocycles. The molecule has 1 aromatic heterocycles. The topological polar surface area (TPSA) is 103 Å². The number of rotatable bonds is 8. The van der Waals surface area contributed by atoms with E-state index >= 15 is 0 Å². The molecule has 0 radical (unpaired) electrons. The Hall–Kier alpha value is -4.59. The molecule has 0 aliphatic carbocycles. The number of carbonyl (C=O) groups is 2. The lowest BCUT2D eigenvalue weighted by atomic mass is 9.89. The Kier molecular flexibility index (Phi) is 11.2. The number of alkyl halides is 3. The van der Waals surface area contributed by atoms with E-state index in [2.05, 4.69) is 37.6 Å². The lowest BCUT2D eigenvalue weighted by Gasteiger charge is -2.36. The molecule has 2 fully saturated rings. The predicted molar refractivity (Wildman–Crippen MR) is 191 cm³/mol. The second-order valence-corrected chi connectivity index (χ2v) is 13.2. The van der Waals surface area contributed by atoms with Crippen LogP contribution in [0.1, 0.15) is 47.3 Å². The van der Waals surface area contributed by atoms with Gasteiger partial charge in [0.25, 0.3) is 5.91 Å². The summed E-state index contributed by atoms with van der Waals surface area (Å²) in [4.78, 5) is 33.3. The molecule has 0 bridgehead atoms. The van der Waals surface area contributed by atoms with Crippen molar-refractivity contribution in [1.82, 2.24) is 20.0 Å². The number of amides is 3. The van der Waals surface area contributed by atoms with Gasteiger partial charge in [0.1, 0.15) is 5.75 Å². The summed E-state index contributed by atoms with van der Waals surface area (Å²) in [5.41, 5.74) is 2.30. The molecule has 10 nitrogen and oxygen atoms in total. The third-order valence-corrected chi connectivity index (χ3v) is 9.86. The summed E-state index contributed by atoms with van der Waals surface area (Å²) in [6, 6.07) is 19.1. The molecule has 4 aromatic rings. The van der Waals surface area contributed by atoms with E-state index < -0.39 is 17.9 Å². The Bertz CT molecular complexity index is 1850. The summed E-state index contributed by atoms with van der Waals surface area (Å²) in [6.45, 7) is 7.55. The molecular formula is C36H36Cl2F3N7O3. The van der Waals surface area contributed by atoms with Crippen LogP contribution in [0, 0.1) is 0 Å². The van der Waals surface area contributed by atoms with Crippen LogP contribution >= 0.6 is 23.2 Å². The normalized spacial score (nSPS) is 15.8. The summed E-state index contributed by atoms with van der Waals surface area (Å²) >= 11 is 12.2. The summed E-state index contributed by atoms with van der Waals surface area (Å²) in [7, 11) is 0. The highest BCUT2D eigenvalue weighted by atomic mass is 35.5.